The standard InChI is InChI=1S/C20H27BrN2O5/c1-5-8-27-17(24)11-16-19(25)22-6-7-23(16)20(26)14(4)28-18-12(2)9-15(21)10-13(18)3/h9-10,14,16H,5-8,11H2,1-4H3,(H,22,25). The van der Waals surface area contributed by atoms with E-state index in [-0.39, 0.29) is 18.2 Å². The molecule has 2 unspecified atom stereocenters. The van der Waals surface area contributed by atoms with E-state index in [0.717, 1.165) is 15.6 Å². The van der Waals surface area contributed by atoms with Crippen LogP contribution in [0.2, 0.25) is 0 Å². The van der Waals surface area contributed by atoms with Gasteiger partial charge in [-0.25, -0.2) is 0 Å². The first-order chi connectivity index (χ1) is 13.2. The molecule has 1 fully saturated rings. The quantitative estimate of drug-likeness (QED) is 0.639. The molecule has 1 aromatic carbocycles. The molecule has 0 bridgehead atoms. The van der Waals surface area contributed by atoms with Crippen LogP contribution in [-0.2, 0) is 19.1 Å². The fourth-order valence-electron chi connectivity index (χ4n) is 3.16. The van der Waals surface area contributed by atoms with Crippen LogP contribution in [-0.4, -0.2) is 54.5 Å². The molecular formula is C20H27BrN2O5. The van der Waals surface area contributed by atoms with Crippen molar-refractivity contribution in [3.8, 4) is 5.75 Å². The molecule has 0 aromatic heterocycles. The zero-order valence-electron chi connectivity index (χ0n) is 16.7. The highest BCUT2D eigenvalue weighted by Gasteiger charge is 2.37. The number of nitrogens with one attached hydrogen (secondary N) is 1. The molecule has 1 aromatic rings. The first kappa shape index (κ1) is 22.2. The Labute approximate surface area is 173 Å². The van der Waals surface area contributed by atoms with Crippen molar-refractivity contribution in [2.75, 3.05) is 19.7 Å². The van der Waals surface area contributed by atoms with E-state index in [1.165, 1.54) is 4.90 Å². The Morgan fingerprint density at radius 3 is 2.57 bits per heavy atom. The first-order valence-corrected chi connectivity index (χ1v) is 10.2. The molecular weight excluding hydrogens is 428 g/mol. The summed E-state index contributed by atoms with van der Waals surface area (Å²) in [4.78, 5) is 38.7. The molecule has 1 aliphatic heterocycles. The highest BCUT2D eigenvalue weighted by atomic mass is 79.9. The lowest BCUT2D eigenvalue weighted by Gasteiger charge is -2.36. The molecule has 2 rings (SSSR count). The lowest BCUT2D eigenvalue weighted by Crippen LogP contribution is -2.60. The van der Waals surface area contributed by atoms with E-state index in [0.29, 0.717) is 31.9 Å². The van der Waals surface area contributed by atoms with Gasteiger partial charge in [0.25, 0.3) is 5.91 Å². The normalized spacial score (nSPS) is 17.7. The summed E-state index contributed by atoms with van der Waals surface area (Å²) in [6.07, 6.45) is -0.263. The maximum absolute atomic E-state index is 13.0. The van der Waals surface area contributed by atoms with Gasteiger partial charge in [0, 0.05) is 17.6 Å². The largest absolute Gasteiger partial charge is 0.480 e. The molecule has 2 atom stereocenters. The van der Waals surface area contributed by atoms with Crippen LogP contribution in [0.1, 0.15) is 37.8 Å². The molecule has 0 spiro atoms. The van der Waals surface area contributed by atoms with Crippen molar-refractivity contribution in [1.82, 2.24) is 10.2 Å². The summed E-state index contributed by atoms with van der Waals surface area (Å²) in [5.74, 6) is -0.527. The minimum Gasteiger partial charge on any atom is -0.480 e. The molecule has 154 valence electrons. The lowest BCUT2D eigenvalue weighted by atomic mass is 10.1. The molecule has 0 aliphatic carbocycles. The maximum Gasteiger partial charge on any atom is 0.308 e. The molecule has 1 saturated heterocycles. The highest BCUT2D eigenvalue weighted by Crippen LogP contribution is 2.28. The van der Waals surface area contributed by atoms with Gasteiger partial charge in [0.15, 0.2) is 6.10 Å². The van der Waals surface area contributed by atoms with Crippen LogP contribution in [0.4, 0.5) is 0 Å². The van der Waals surface area contributed by atoms with Crippen molar-refractivity contribution in [3.63, 3.8) is 0 Å². The number of carbonyl (C=O) groups excluding carboxylic acids is 3. The molecule has 28 heavy (non-hydrogen) atoms. The van der Waals surface area contributed by atoms with Crippen molar-refractivity contribution in [1.29, 1.82) is 0 Å². The predicted molar refractivity (Wildman–Crippen MR) is 108 cm³/mol. The number of hydrogen-bond acceptors (Lipinski definition) is 5. The van der Waals surface area contributed by atoms with E-state index >= 15 is 0 Å². The van der Waals surface area contributed by atoms with Crippen molar-refractivity contribution >= 4 is 33.7 Å². The third-order valence-electron chi connectivity index (χ3n) is 4.51. The highest BCUT2D eigenvalue weighted by molar-refractivity contribution is 9.10. The van der Waals surface area contributed by atoms with E-state index in [1.54, 1.807) is 6.92 Å². The zero-order valence-corrected chi connectivity index (χ0v) is 18.3. The summed E-state index contributed by atoms with van der Waals surface area (Å²) in [5, 5.41) is 2.70. The van der Waals surface area contributed by atoms with Crippen LogP contribution in [0.15, 0.2) is 16.6 Å². The third-order valence-corrected chi connectivity index (χ3v) is 4.97. The summed E-state index contributed by atoms with van der Waals surface area (Å²) in [6, 6.07) is 2.95. The Hall–Kier alpha value is -2.09. The summed E-state index contributed by atoms with van der Waals surface area (Å²) >= 11 is 3.44. The summed E-state index contributed by atoms with van der Waals surface area (Å²) < 4.78 is 12.0. The number of aryl methyl sites for hydroxylation is 2. The van der Waals surface area contributed by atoms with E-state index in [9.17, 15) is 14.4 Å². The lowest BCUT2D eigenvalue weighted by molar-refractivity contribution is -0.154. The van der Waals surface area contributed by atoms with Crippen LogP contribution in [0.5, 0.6) is 5.75 Å². The minimum atomic E-state index is -0.885. The van der Waals surface area contributed by atoms with Gasteiger partial charge in [-0.1, -0.05) is 22.9 Å². The number of nitrogens with zero attached hydrogens (tertiary/aromatic N) is 1. The number of piperazine rings is 1. The Morgan fingerprint density at radius 2 is 1.96 bits per heavy atom. The average molecular weight is 455 g/mol. The van der Waals surface area contributed by atoms with Crippen LogP contribution < -0.4 is 10.1 Å². The first-order valence-electron chi connectivity index (χ1n) is 9.41. The smallest absolute Gasteiger partial charge is 0.308 e. The van der Waals surface area contributed by atoms with E-state index < -0.39 is 18.1 Å². The Bertz CT molecular complexity index is 729. The van der Waals surface area contributed by atoms with Gasteiger partial charge in [0.05, 0.1) is 13.0 Å². The number of ether oxygens (including phenoxy) is 2. The van der Waals surface area contributed by atoms with Crippen molar-refractivity contribution in [2.24, 2.45) is 0 Å². The number of rotatable bonds is 7. The predicted octanol–water partition coefficient (Wildman–Crippen LogP) is 2.50. The number of carbonyl (C=O) groups is 3. The maximum atomic E-state index is 13.0. The molecule has 7 nitrogen and oxygen atoms in total. The number of hydrogen-bond donors (Lipinski definition) is 1. The van der Waals surface area contributed by atoms with Gasteiger partial charge in [-0.3, -0.25) is 14.4 Å². The van der Waals surface area contributed by atoms with Crippen LogP contribution >= 0.6 is 15.9 Å². The third kappa shape index (κ3) is 5.47. The van der Waals surface area contributed by atoms with Crippen molar-refractivity contribution < 1.29 is 23.9 Å². The SMILES string of the molecule is CCCOC(=O)CC1C(=O)NCCN1C(=O)C(C)Oc1c(C)cc(Br)cc1C. The second kappa shape index (κ2) is 9.91. The minimum absolute atomic E-state index is 0.166. The summed E-state index contributed by atoms with van der Waals surface area (Å²) in [7, 11) is 0. The second-order valence-corrected chi connectivity index (χ2v) is 7.81. The zero-order chi connectivity index (χ0) is 20.8. The molecule has 0 saturated carbocycles. The van der Waals surface area contributed by atoms with Gasteiger partial charge in [-0.2, -0.15) is 0 Å². The Morgan fingerprint density at radius 1 is 1.32 bits per heavy atom. The topological polar surface area (TPSA) is 84.9 Å². The van der Waals surface area contributed by atoms with Gasteiger partial charge in [0.2, 0.25) is 5.91 Å². The fourth-order valence-corrected chi connectivity index (χ4v) is 3.84. The number of esters is 1. The van der Waals surface area contributed by atoms with Crippen LogP contribution in [0.25, 0.3) is 0 Å². The number of amides is 2. The average Bonchev–Trinajstić information content (AvgIpc) is 2.63. The van der Waals surface area contributed by atoms with Gasteiger partial charge >= 0.3 is 5.97 Å². The monoisotopic (exact) mass is 454 g/mol. The van der Waals surface area contributed by atoms with Gasteiger partial charge in [-0.15, -0.1) is 0 Å². The second-order valence-electron chi connectivity index (χ2n) is 6.89. The van der Waals surface area contributed by atoms with Crippen LogP contribution in [0.3, 0.4) is 0 Å². The number of benzene rings is 1. The fraction of sp³-hybridized carbons (Fsp3) is 0.550. The van der Waals surface area contributed by atoms with Crippen LogP contribution in [0, 0.1) is 13.8 Å². The number of halogens is 1. The Balaban J connectivity index is 2.13. The van der Waals surface area contributed by atoms with Gasteiger partial charge in [-0.05, 0) is 50.5 Å². The van der Waals surface area contributed by atoms with Crippen molar-refractivity contribution in [3.05, 3.63) is 27.7 Å². The van der Waals surface area contributed by atoms with E-state index in [1.807, 2.05) is 32.9 Å². The summed E-state index contributed by atoms with van der Waals surface area (Å²) in [5.41, 5.74) is 1.81. The van der Waals surface area contributed by atoms with Gasteiger partial charge < -0.3 is 19.7 Å². The Kier molecular flexibility index (Phi) is 7.86. The van der Waals surface area contributed by atoms with Crippen molar-refractivity contribution in [2.45, 2.75) is 52.7 Å². The molecule has 1 N–H and O–H groups in total. The molecule has 2 amide bonds. The van der Waals surface area contributed by atoms with E-state index in [4.69, 9.17) is 9.47 Å². The molecule has 1 aliphatic rings. The van der Waals surface area contributed by atoms with E-state index in [2.05, 4.69) is 21.2 Å². The summed E-state index contributed by atoms with van der Waals surface area (Å²) in [6.45, 7) is 8.32. The molecule has 8 heteroatoms. The van der Waals surface area contributed by atoms with Gasteiger partial charge in [0.1, 0.15) is 11.8 Å². The molecule has 1 heterocycles. The molecule has 0 radical (unpaired) electrons.